The number of ether oxygens (including phenoxy) is 1. The van der Waals surface area contributed by atoms with Gasteiger partial charge in [0, 0.05) is 30.2 Å². The van der Waals surface area contributed by atoms with Crippen LogP contribution in [-0.2, 0) is 14.3 Å². The van der Waals surface area contributed by atoms with Crippen LogP contribution in [0.25, 0.3) is 0 Å². The van der Waals surface area contributed by atoms with Crippen molar-refractivity contribution in [3.63, 3.8) is 0 Å². The molecule has 1 fully saturated rings. The minimum Gasteiger partial charge on any atom is -0.378 e. The van der Waals surface area contributed by atoms with Crippen LogP contribution in [0.1, 0.15) is 0 Å². The third-order valence-corrected chi connectivity index (χ3v) is 4.51. The van der Waals surface area contributed by atoms with Crippen LogP contribution in [0.4, 0.5) is 17.1 Å². The highest BCUT2D eigenvalue weighted by molar-refractivity contribution is 5.93. The first-order valence-corrected chi connectivity index (χ1v) is 9.49. The maximum Gasteiger partial charge on any atom is 0.279 e. The Bertz CT molecular complexity index is 774. The van der Waals surface area contributed by atoms with Gasteiger partial charge in [-0.3, -0.25) is 9.59 Å². The number of hydrogen-bond acceptors (Lipinski definition) is 4. The molecule has 7 heteroatoms. The number of nitrogens with zero attached hydrogens (tertiary/aromatic N) is 1. The first-order valence-electron chi connectivity index (χ1n) is 9.49. The van der Waals surface area contributed by atoms with Crippen LogP contribution in [0.2, 0.25) is 0 Å². The van der Waals surface area contributed by atoms with E-state index >= 15 is 0 Å². The number of hydrogen-bond donors (Lipinski definition) is 3. The fourth-order valence-corrected chi connectivity index (χ4v) is 3.12. The van der Waals surface area contributed by atoms with E-state index in [9.17, 15) is 9.59 Å². The van der Waals surface area contributed by atoms with Crippen LogP contribution in [0.5, 0.6) is 0 Å². The molecule has 3 rings (SSSR count). The van der Waals surface area contributed by atoms with Crippen LogP contribution in [0.3, 0.4) is 0 Å². The topological polar surface area (TPSA) is 75.1 Å². The Kier molecular flexibility index (Phi) is 7.00. The molecule has 0 spiro atoms. The van der Waals surface area contributed by atoms with Crippen LogP contribution in [0, 0.1) is 0 Å². The molecule has 2 aromatic carbocycles. The number of anilines is 3. The standard InChI is InChI=1S/C21H26N4O3/c1-24(15-20(26)22-17-5-3-2-4-6-17)16-21(27)23-18-7-9-19(10-8-18)25-11-13-28-14-12-25/h2-10H,11-16H2,1H3,(H,22,26)(H,23,27)/p+1. The number of morpholine rings is 1. The minimum absolute atomic E-state index is 0.119. The van der Waals surface area contributed by atoms with Gasteiger partial charge in [-0.15, -0.1) is 0 Å². The lowest BCUT2D eigenvalue weighted by molar-refractivity contribution is -0.862. The van der Waals surface area contributed by atoms with E-state index in [2.05, 4.69) is 15.5 Å². The van der Waals surface area contributed by atoms with Gasteiger partial charge in [0.25, 0.3) is 11.8 Å². The van der Waals surface area contributed by atoms with Crippen molar-refractivity contribution in [2.45, 2.75) is 0 Å². The van der Waals surface area contributed by atoms with E-state index in [0.717, 1.165) is 48.3 Å². The Labute approximate surface area is 165 Å². The fraction of sp³-hybridized carbons (Fsp3) is 0.333. The Morgan fingerprint density at radius 2 is 1.43 bits per heavy atom. The van der Waals surface area contributed by atoms with Crippen molar-refractivity contribution in [2.24, 2.45) is 0 Å². The van der Waals surface area contributed by atoms with Gasteiger partial charge in [-0.2, -0.15) is 0 Å². The predicted octanol–water partition coefficient (Wildman–Crippen LogP) is 0.615. The molecule has 148 valence electrons. The maximum atomic E-state index is 12.3. The first kappa shape index (κ1) is 19.9. The van der Waals surface area contributed by atoms with Crippen molar-refractivity contribution < 1.29 is 19.2 Å². The van der Waals surface area contributed by atoms with Crippen LogP contribution in [0.15, 0.2) is 54.6 Å². The highest BCUT2D eigenvalue weighted by atomic mass is 16.5. The number of carbonyl (C=O) groups excluding carboxylic acids is 2. The van der Waals surface area contributed by atoms with Crippen LogP contribution < -0.4 is 20.4 Å². The molecule has 2 aromatic rings. The van der Waals surface area contributed by atoms with E-state index in [1.807, 2.05) is 61.6 Å². The molecule has 0 bridgehead atoms. The Balaban J connectivity index is 1.43. The zero-order chi connectivity index (χ0) is 19.8. The van der Waals surface area contributed by atoms with Crippen molar-refractivity contribution in [3.8, 4) is 0 Å². The van der Waals surface area contributed by atoms with Gasteiger partial charge in [0.05, 0.1) is 20.3 Å². The Hall–Kier alpha value is -2.90. The molecular formula is C21H27N4O3+. The summed E-state index contributed by atoms with van der Waals surface area (Å²) in [6.45, 7) is 3.68. The molecule has 0 aliphatic carbocycles. The van der Waals surface area contributed by atoms with E-state index in [0.29, 0.717) is 0 Å². The molecule has 2 amide bonds. The monoisotopic (exact) mass is 383 g/mol. The molecule has 1 aliphatic rings. The van der Waals surface area contributed by atoms with Gasteiger partial charge in [-0.05, 0) is 36.4 Å². The predicted molar refractivity (Wildman–Crippen MR) is 110 cm³/mol. The van der Waals surface area contributed by atoms with Gasteiger partial charge < -0.3 is 25.2 Å². The fourth-order valence-electron chi connectivity index (χ4n) is 3.12. The van der Waals surface area contributed by atoms with E-state index in [1.54, 1.807) is 0 Å². The normalized spacial score (nSPS) is 15.0. The summed E-state index contributed by atoms with van der Waals surface area (Å²) in [5.74, 6) is -0.240. The second-order valence-electron chi connectivity index (χ2n) is 6.92. The van der Waals surface area contributed by atoms with Crippen molar-refractivity contribution >= 4 is 28.9 Å². The summed E-state index contributed by atoms with van der Waals surface area (Å²) in [5.41, 5.74) is 2.63. The van der Waals surface area contributed by atoms with Gasteiger partial charge in [0.15, 0.2) is 13.1 Å². The molecule has 1 unspecified atom stereocenters. The molecule has 28 heavy (non-hydrogen) atoms. The van der Waals surface area contributed by atoms with Crippen molar-refractivity contribution in [3.05, 3.63) is 54.6 Å². The van der Waals surface area contributed by atoms with Gasteiger partial charge in [0.2, 0.25) is 0 Å². The summed E-state index contributed by atoms with van der Waals surface area (Å²) in [6.07, 6.45) is 0. The summed E-state index contributed by atoms with van der Waals surface area (Å²) in [5, 5.41) is 5.72. The lowest BCUT2D eigenvalue weighted by atomic mass is 10.2. The summed E-state index contributed by atoms with van der Waals surface area (Å²) in [4.78, 5) is 27.4. The summed E-state index contributed by atoms with van der Waals surface area (Å²) in [7, 11) is 1.83. The molecule has 3 N–H and O–H groups in total. The van der Waals surface area contributed by atoms with Crippen molar-refractivity contribution in [1.82, 2.24) is 0 Å². The van der Waals surface area contributed by atoms with Gasteiger partial charge in [-0.1, -0.05) is 18.2 Å². The molecule has 1 aliphatic heterocycles. The third-order valence-electron chi connectivity index (χ3n) is 4.51. The van der Waals surface area contributed by atoms with Crippen LogP contribution in [-0.4, -0.2) is 58.3 Å². The number of quaternary nitrogens is 1. The maximum absolute atomic E-state index is 12.3. The summed E-state index contributed by atoms with van der Waals surface area (Å²) in [6, 6.07) is 17.1. The number of nitrogens with one attached hydrogen (secondary N) is 3. The second-order valence-corrected chi connectivity index (χ2v) is 6.92. The smallest absolute Gasteiger partial charge is 0.279 e. The summed E-state index contributed by atoms with van der Waals surface area (Å²) >= 11 is 0. The average Bonchev–Trinajstić information content (AvgIpc) is 2.69. The van der Waals surface area contributed by atoms with Gasteiger partial charge in [0.1, 0.15) is 0 Å². The zero-order valence-electron chi connectivity index (χ0n) is 16.1. The Morgan fingerprint density at radius 1 is 0.893 bits per heavy atom. The quantitative estimate of drug-likeness (QED) is 0.655. The molecule has 0 radical (unpaired) electrons. The van der Waals surface area contributed by atoms with E-state index in [4.69, 9.17) is 4.74 Å². The van der Waals surface area contributed by atoms with Gasteiger partial charge in [-0.25, -0.2) is 0 Å². The lowest BCUT2D eigenvalue weighted by Crippen LogP contribution is -3.11. The average molecular weight is 383 g/mol. The van der Waals surface area contributed by atoms with Crippen LogP contribution >= 0.6 is 0 Å². The molecule has 0 saturated carbocycles. The first-order chi connectivity index (χ1) is 13.6. The number of para-hydroxylation sites is 1. The molecular weight excluding hydrogens is 356 g/mol. The minimum atomic E-state index is -0.121. The Morgan fingerprint density at radius 3 is 2.00 bits per heavy atom. The zero-order valence-corrected chi connectivity index (χ0v) is 16.1. The lowest BCUT2D eigenvalue weighted by Gasteiger charge is -2.28. The van der Waals surface area contributed by atoms with E-state index in [-0.39, 0.29) is 24.9 Å². The van der Waals surface area contributed by atoms with Crippen molar-refractivity contribution in [2.75, 3.05) is 62.0 Å². The molecule has 1 saturated heterocycles. The number of amides is 2. The number of rotatable bonds is 7. The molecule has 0 aromatic heterocycles. The van der Waals surface area contributed by atoms with Crippen molar-refractivity contribution in [1.29, 1.82) is 0 Å². The third kappa shape index (κ3) is 6.07. The molecule has 7 nitrogen and oxygen atoms in total. The highest BCUT2D eigenvalue weighted by Gasteiger charge is 2.15. The SMILES string of the molecule is C[NH+](CC(=O)Nc1ccccc1)CC(=O)Nc1ccc(N2CCOCC2)cc1. The number of benzene rings is 2. The highest BCUT2D eigenvalue weighted by Crippen LogP contribution is 2.18. The molecule has 1 heterocycles. The number of carbonyl (C=O) groups is 2. The largest absolute Gasteiger partial charge is 0.378 e. The van der Waals surface area contributed by atoms with Gasteiger partial charge >= 0.3 is 0 Å². The molecule has 1 atom stereocenters. The van der Waals surface area contributed by atoms with E-state index < -0.39 is 0 Å². The second kappa shape index (κ2) is 9.87. The number of likely N-dealkylation sites (N-methyl/N-ethyl adjacent to an activating group) is 1. The summed E-state index contributed by atoms with van der Waals surface area (Å²) < 4.78 is 5.37. The van der Waals surface area contributed by atoms with E-state index in [1.165, 1.54) is 0 Å².